The van der Waals surface area contributed by atoms with E-state index in [0.29, 0.717) is 23.3 Å². The molecule has 0 aliphatic carbocycles. The van der Waals surface area contributed by atoms with Gasteiger partial charge in [0.2, 0.25) is 0 Å². The number of nitrogens with zero attached hydrogens (tertiary/aromatic N) is 8. The molecule has 0 aliphatic heterocycles. The van der Waals surface area contributed by atoms with Crippen LogP contribution in [-0.2, 0) is 13.1 Å². The second-order valence-electron chi connectivity index (χ2n) is 8.77. The standard InChI is InChI=1S/C27H24N10O/c1-17-32-25(36(34-17)21-9-7-19-5-3-11-28-23(19)13-21)15-30-27(38)31-16-26-33-18(2)35-37(26)22-10-8-20-6-4-12-29-24(20)14-22/h3-14H,15-16H2,1-2H3,(H2,30,31,38). The summed E-state index contributed by atoms with van der Waals surface area (Å²) in [7, 11) is 0. The quantitative estimate of drug-likeness (QED) is 0.355. The molecule has 11 heteroatoms. The van der Waals surface area contributed by atoms with E-state index in [9.17, 15) is 4.79 Å². The van der Waals surface area contributed by atoms with Gasteiger partial charge in [-0.15, -0.1) is 0 Å². The minimum atomic E-state index is -0.357. The van der Waals surface area contributed by atoms with E-state index in [1.165, 1.54) is 0 Å². The Morgan fingerprint density at radius 3 is 1.66 bits per heavy atom. The average molecular weight is 505 g/mol. The number of fused-ring (bicyclic) bond motifs is 2. The summed E-state index contributed by atoms with van der Waals surface area (Å²) >= 11 is 0. The first kappa shape index (κ1) is 23.2. The number of aromatic nitrogens is 8. The monoisotopic (exact) mass is 504 g/mol. The van der Waals surface area contributed by atoms with E-state index in [1.54, 1.807) is 21.8 Å². The van der Waals surface area contributed by atoms with Gasteiger partial charge in [-0.25, -0.2) is 24.1 Å². The Morgan fingerprint density at radius 2 is 1.18 bits per heavy atom. The van der Waals surface area contributed by atoms with Crippen LogP contribution in [0.25, 0.3) is 33.2 Å². The van der Waals surface area contributed by atoms with Gasteiger partial charge in [0.15, 0.2) is 11.6 Å². The number of hydrogen-bond donors (Lipinski definition) is 2. The average Bonchev–Trinajstić information content (AvgIpc) is 3.51. The van der Waals surface area contributed by atoms with Gasteiger partial charge >= 0.3 is 6.03 Å². The highest BCUT2D eigenvalue weighted by atomic mass is 16.2. The summed E-state index contributed by atoms with van der Waals surface area (Å²) in [6, 6.07) is 19.2. The third-order valence-corrected chi connectivity index (χ3v) is 6.04. The molecule has 0 radical (unpaired) electrons. The fourth-order valence-corrected chi connectivity index (χ4v) is 4.31. The van der Waals surface area contributed by atoms with E-state index < -0.39 is 0 Å². The Bertz CT molecular complexity index is 1660. The highest BCUT2D eigenvalue weighted by Gasteiger charge is 2.14. The van der Waals surface area contributed by atoms with Gasteiger partial charge in [-0.05, 0) is 50.2 Å². The first-order chi connectivity index (χ1) is 18.5. The van der Waals surface area contributed by atoms with E-state index in [-0.39, 0.29) is 19.1 Å². The number of aryl methyl sites for hydroxylation is 2. The van der Waals surface area contributed by atoms with Crippen molar-refractivity contribution in [3.05, 3.63) is 96.4 Å². The lowest BCUT2D eigenvalue weighted by Gasteiger charge is -2.10. The van der Waals surface area contributed by atoms with Crippen LogP contribution in [-0.4, -0.2) is 45.5 Å². The number of hydrogen-bond acceptors (Lipinski definition) is 7. The van der Waals surface area contributed by atoms with Crippen molar-refractivity contribution < 1.29 is 4.79 Å². The second kappa shape index (κ2) is 9.69. The van der Waals surface area contributed by atoms with Crippen molar-refractivity contribution in [2.75, 3.05) is 0 Å². The lowest BCUT2D eigenvalue weighted by molar-refractivity contribution is 0.239. The molecule has 0 unspecified atom stereocenters. The number of carbonyl (C=O) groups excluding carboxylic acids is 1. The van der Waals surface area contributed by atoms with E-state index >= 15 is 0 Å². The van der Waals surface area contributed by atoms with Gasteiger partial charge in [0.1, 0.15) is 11.6 Å². The fourth-order valence-electron chi connectivity index (χ4n) is 4.31. The second-order valence-corrected chi connectivity index (χ2v) is 8.77. The summed E-state index contributed by atoms with van der Waals surface area (Å²) in [5.41, 5.74) is 3.36. The molecule has 0 aliphatic rings. The van der Waals surface area contributed by atoms with Crippen LogP contribution >= 0.6 is 0 Å². The Kier molecular flexibility index (Phi) is 5.92. The highest BCUT2D eigenvalue weighted by Crippen LogP contribution is 2.18. The van der Waals surface area contributed by atoms with Crippen LogP contribution in [0.4, 0.5) is 4.79 Å². The third kappa shape index (κ3) is 4.64. The molecule has 0 saturated carbocycles. The summed E-state index contributed by atoms with van der Waals surface area (Å²) in [4.78, 5) is 30.5. The lowest BCUT2D eigenvalue weighted by atomic mass is 10.2. The summed E-state index contributed by atoms with van der Waals surface area (Å²) in [5, 5.41) is 16.8. The van der Waals surface area contributed by atoms with E-state index in [2.05, 4.69) is 40.8 Å². The number of benzene rings is 2. The minimum absolute atomic E-state index is 0.189. The van der Waals surface area contributed by atoms with Crippen LogP contribution in [0.15, 0.2) is 73.1 Å². The number of pyridine rings is 2. The van der Waals surface area contributed by atoms with Crippen molar-refractivity contribution in [2.45, 2.75) is 26.9 Å². The summed E-state index contributed by atoms with van der Waals surface area (Å²) in [5.74, 6) is 2.43. The Labute approximate surface area is 217 Å². The maximum absolute atomic E-state index is 12.7. The van der Waals surface area contributed by atoms with Crippen molar-refractivity contribution in [2.24, 2.45) is 0 Å². The van der Waals surface area contributed by atoms with Crippen LogP contribution in [0.5, 0.6) is 0 Å². The number of amides is 2. The Balaban J connectivity index is 1.15. The molecule has 6 rings (SSSR count). The highest BCUT2D eigenvalue weighted by molar-refractivity contribution is 5.81. The summed E-state index contributed by atoms with van der Waals surface area (Å²) in [6.07, 6.45) is 3.51. The van der Waals surface area contributed by atoms with Gasteiger partial charge in [-0.3, -0.25) is 9.97 Å². The summed E-state index contributed by atoms with van der Waals surface area (Å²) < 4.78 is 3.44. The first-order valence-corrected chi connectivity index (χ1v) is 12.1. The molecule has 2 amide bonds. The molecule has 11 nitrogen and oxygen atoms in total. The van der Waals surface area contributed by atoms with Gasteiger partial charge in [-0.1, -0.05) is 24.3 Å². The van der Waals surface area contributed by atoms with Crippen molar-refractivity contribution in [1.29, 1.82) is 0 Å². The van der Waals surface area contributed by atoms with Gasteiger partial charge in [0.05, 0.1) is 35.5 Å². The molecule has 0 saturated heterocycles. The molecule has 0 bridgehead atoms. The zero-order chi connectivity index (χ0) is 26.1. The van der Waals surface area contributed by atoms with Gasteiger partial charge < -0.3 is 10.6 Å². The zero-order valence-electron chi connectivity index (χ0n) is 20.8. The van der Waals surface area contributed by atoms with Crippen molar-refractivity contribution in [3.8, 4) is 11.4 Å². The predicted molar refractivity (Wildman–Crippen MR) is 142 cm³/mol. The number of carbonyl (C=O) groups is 1. The Hall–Kier alpha value is -5.19. The van der Waals surface area contributed by atoms with Gasteiger partial charge in [-0.2, -0.15) is 10.2 Å². The minimum Gasteiger partial charge on any atom is -0.331 e. The van der Waals surface area contributed by atoms with Crippen LogP contribution in [0.1, 0.15) is 23.3 Å². The molecule has 38 heavy (non-hydrogen) atoms. The molecule has 6 aromatic rings. The largest absolute Gasteiger partial charge is 0.331 e. The molecule has 0 atom stereocenters. The molecule has 2 aromatic carbocycles. The lowest BCUT2D eigenvalue weighted by Crippen LogP contribution is -2.36. The SMILES string of the molecule is Cc1nc(CNC(=O)NCc2nc(C)nn2-c2ccc3cccnc3c2)n(-c2ccc3cccnc3c2)n1. The van der Waals surface area contributed by atoms with E-state index in [4.69, 9.17) is 0 Å². The van der Waals surface area contributed by atoms with Crippen molar-refractivity contribution >= 4 is 27.8 Å². The van der Waals surface area contributed by atoms with E-state index in [0.717, 1.165) is 33.2 Å². The smallest absolute Gasteiger partial charge is 0.315 e. The maximum atomic E-state index is 12.7. The van der Waals surface area contributed by atoms with Crippen LogP contribution in [0.2, 0.25) is 0 Å². The Morgan fingerprint density at radius 1 is 0.711 bits per heavy atom. The normalized spacial score (nSPS) is 11.2. The van der Waals surface area contributed by atoms with Crippen molar-refractivity contribution in [1.82, 2.24) is 50.1 Å². The van der Waals surface area contributed by atoms with Crippen LogP contribution in [0.3, 0.4) is 0 Å². The molecule has 4 aromatic heterocycles. The maximum Gasteiger partial charge on any atom is 0.315 e. The number of nitrogens with one attached hydrogen (secondary N) is 2. The topological polar surface area (TPSA) is 128 Å². The predicted octanol–water partition coefficient (Wildman–Crippen LogP) is 3.56. The molecular formula is C27H24N10O. The summed E-state index contributed by atoms with van der Waals surface area (Å²) in [6.45, 7) is 4.01. The van der Waals surface area contributed by atoms with Gasteiger partial charge in [0.25, 0.3) is 0 Å². The number of urea groups is 1. The molecule has 0 spiro atoms. The first-order valence-electron chi connectivity index (χ1n) is 12.1. The van der Waals surface area contributed by atoms with E-state index in [1.807, 2.05) is 74.5 Å². The number of rotatable bonds is 6. The molecule has 2 N–H and O–H groups in total. The van der Waals surface area contributed by atoms with Crippen molar-refractivity contribution in [3.63, 3.8) is 0 Å². The molecule has 4 heterocycles. The molecular weight excluding hydrogens is 480 g/mol. The van der Waals surface area contributed by atoms with Crippen LogP contribution < -0.4 is 10.6 Å². The third-order valence-electron chi connectivity index (χ3n) is 6.04. The van der Waals surface area contributed by atoms with Crippen LogP contribution in [0, 0.1) is 13.8 Å². The fraction of sp³-hybridized carbons (Fsp3) is 0.148. The zero-order valence-corrected chi connectivity index (χ0v) is 20.8. The molecule has 188 valence electrons. The van der Waals surface area contributed by atoms with Gasteiger partial charge in [0, 0.05) is 23.2 Å². The molecule has 0 fully saturated rings.